The molecule has 0 unspecified atom stereocenters. The molecule has 200 valence electrons. The van der Waals surface area contributed by atoms with Crippen molar-refractivity contribution >= 4 is 47.4 Å². The van der Waals surface area contributed by atoms with Gasteiger partial charge in [0.05, 0.1) is 24.2 Å². The Labute approximate surface area is 203 Å². The van der Waals surface area contributed by atoms with Crippen molar-refractivity contribution in [2.45, 2.75) is 13.3 Å². The number of ether oxygens (including phenoxy) is 1. The normalized spacial score (nSPS) is 14.0. The van der Waals surface area contributed by atoms with Gasteiger partial charge in [-0.3, -0.25) is 4.99 Å². The van der Waals surface area contributed by atoms with Crippen molar-refractivity contribution in [1.29, 1.82) is 0 Å². The van der Waals surface area contributed by atoms with E-state index in [1.54, 1.807) is 6.92 Å². The molecule has 0 saturated heterocycles. The minimum atomic E-state index is -10.7. The summed E-state index contributed by atoms with van der Waals surface area (Å²) in [4.78, 5) is 22.0. The summed E-state index contributed by atoms with van der Waals surface area (Å²) in [6.45, 7) is 3.75. The van der Waals surface area contributed by atoms with Gasteiger partial charge in [-0.15, -0.1) is 0 Å². The monoisotopic (exact) mass is 539 g/mol. The number of amides is 1. The number of carbonyl (C=O) groups is 1. The van der Waals surface area contributed by atoms with E-state index in [0.29, 0.717) is 19.1 Å². The van der Waals surface area contributed by atoms with E-state index in [-0.39, 0.29) is 0 Å². The number of halogens is 6. The fraction of sp³-hybridized carbons (Fsp3) is 0.318. The first kappa shape index (κ1) is 29.1. The van der Waals surface area contributed by atoms with Gasteiger partial charge in [-0.1, -0.05) is 18.2 Å². The summed E-state index contributed by atoms with van der Waals surface area (Å²) in [7, 11) is -6.59. The second kappa shape index (κ2) is 10.8. The average Bonchev–Trinajstić information content (AvgIpc) is 2.73. The van der Waals surface area contributed by atoms with Crippen LogP contribution in [0.25, 0.3) is 21.8 Å². The van der Waals surface area contributed by atoms with Crippen LogP contribution >= 0.6 is 7.81 Å². The predicted molar refractivity (Wildman–Crippen MR) is 131 cm³/mol. The van der Waals surface area contributed by atoms with Crippen LogP contribution in [-0.4, -0.2) is 55.7 Å². The van der Waals surface area contributed by atoms with Crippen LogP contribution in [-0.2, 0) is 4.74 Å². The fourth-order valence-corrected chi connectivity index (χ4v) is 2.99. The number of hydrogen-bond acceptors (Lipinski definition) is 4. The molecule has 3 N–H and O–H groups in total. The number of alkyl carbamates (subject to hydrolysis) is 1. The number of anilines is 1. The Hall–Kier alpha value is -3.18. The van der Waals surface area contributed by atoms with E-state index in [2.05, 4.69) is 32.7 Å². The summed E-state index contributed by atoms with van der Waals surface area (Å²) in [5.74, 6) is 0.488. The van der Waals surface area contributed by atoms with Crippen LogP contribution < -0.4 is 15.6 Å². The second-order valence-corrected chi connectivity index (χ2v) is 9.89. The van der Waals surface area contributed by atoms with Crippen molar-refractivity contribution in [3.05, 3.63) is 48.5 Å². The van der Waals surface area contributed by atoms with Crippen LogP contribution in [0.3, 0.4) is 0 Å². The summed E-state index contributed by atoms with van der Waals surface area (Å²) in [6, 6.07) is 16.1. The number of hydrogen-bond donors (Lipinski definition) is 3. The van der Waals surface area contributed by atoms with Gasteiger partial charge >= 0.3 is 45.0 Å². The number of nitrogens with zero attached hydrogens (tertiary/aromatic N) is 2. The van der Waals surface area contributed by atoms with Crippen LogP contribution in [0, 0.1) is 0 Å². The van der Waals surface area contributed by atoms with Crippen molar-refractivity contribution in [3.63, 3.8) is 0 Å². The van der Waals surface area contributed by atoms with Gasteiger partial charge in [-0.05, 0) is 51.7 Å². The summed E-state index contributed by atoms with van der Waals surface area (Å²) < 4.78 is 64.2. The molecular weight excluding hydrogens is 511 g/mol. The van der Waals surface area contributed by atoms with Gasteiger partial charge in [0, 0.05) is 23.4 Å². The third kappa shape index (κ3) is 12.5. The topological polar surface area (TPSA) is 80.5 Å². The van der Waals surface area contributed by atoms with Crippen molar-refractivity contribution in [2.75, 3.05) is 39.1 Å². The number of pyridine rings is 1. The molecule has 2 aromatic carbocycles. The van der Waals surface area contributed by atoms with Crippen molar-refractivity contribution in [1.82, 2.24) is 15.2 Å². The van der Waals surface area contributed by atoms with Crippen LogP contribution in [0.15, 0.2) is 48.5 Å². The Morgan fingerprint density at radius 3 is 2.28 bits per heavy atom. The van der Waals surface area contributed by atoms with Crippen LogP contribution in [0.2, 0.25) is 0 Å². The van der Waals surface area contributed by atoms with E-state index in [1.165, 1.54) is 0 Å². The van der Waals surface area contributed by atoms with Crippen LogP contribution in [0.5, 0.6) is 0 Å². The summed E-state index contributed by atoms with van der Waals surface area (Å²) in [6.07, 6.45) is 0.438. The molecule has 0 bridgehead atoms. The van der Waals surface area contributed by atoms with Gasteiger partial charge < -0.3 is 9.64 Å². The molecule has 0 aliphatic carbocycles. The van der Waals surface area contributed by atoms with Crippen molar-refractivity contribution in [3.8, 4) is 0 Å². The molecule has 1 heterocycles. The average molecular weight is 539 g/mol. The number of para-hydroxylation sites is 1. The fourth-order valence-electron chi connectivity index (χ4n) is 2.99. The zero-order valence-corrected chi connectivity index (χ0v) is 20.8. The molecule has 0 radical (unpaired) electrons. The van der Waals surface area contributed by atoms with Crippen LogP contribution in [0.4, 0.5) is 35.7 Å². The quantitative estimate of drug-likeness (QED) is 0.0988. The number of rotatable bonds is 6. The molecule has 1 amide bonds. The second-order valence-electron chi connectivity index (χ2n) is 7.98. The number of fused-ring (bicyclic) bond motifs is 2. The Bertz CT molecular complexity index is 1230. The SMILES string of the molecule is CCOC(=O)NC(Nc1ccc2cc3ccccc3nc2c1)=[NH+]CCCN(C)C.F[P-](F)(F)(F)(F)F. The number of carbonyl (C=O) groups excluding carboxylic acids is 1. The number of nitrogens with one attached hydrogen (secondary N) is 3. The van der Waals surface area contributed by atoms with Gasteiger partial charge in [0.2, 0.25) is 0 Å². The zero-order chi connectivity index (χ0) is 27.0. The number of benzene rings is 2. The van der Waals surface area contributed by atoms with Crippen LogP contribution in [0.1, 0.15) is 13.3 Å². The molecule has 7 nitrogen and oxygen atoms in total. The van der Waals surface area contributed by atoms with E-state index in [4.69, 9.17) is 9.72 Å². The van der Waals surface area contributed by atoms with Crippen molar-refractivity contribution < 1.29 is 39.7 Å². The molecule has 14 heteroatoms. The van der Waals surface area contributed by atoms with E-state index in [9.17, 15) is 30.0 Å². The third-order valence-electron chi connectivity index (χ3n) is 4.37. The molecule has 0 saturated carbocycles. The Morgan fingerprint density at radius 2 is 1.64 bits per heavy atom. The van der Waals surface area contributed by atoms with Gasteiger partial charge in [0.25, 0.3) is 0 Å². The first-order chi connectivity index (χ1) is 16.5. The van der Waals surface area contributed by atoms with Crippen molar-refractivity contribution in [2.24, 2.45) is 0 Å². The molecule has 3 rings (SSSR count). The standard InChI is InChI=1S/C22H27N5O2.F6P/c1-4-29-22(28)26-21(23-12-7-13-27(2)3)24-18-11-10-17-14-16-8-5-6-9-19(16)25-20(17)15-18;1-7(2,3,4,5)6/h5-6,8-11,14-15H,4,7,12-13H2,1-3H3,(H2,23,24,26,28);/q;-1/p+1. The molecule has 3 aromatic rings. The zero-order valence-electron chi connectivity index (χ0n) is 19.9. The maximum absolute atomic E-state index is 11.9. The first-order valence-corrected chi connectivity index (χ1v) is 12.9. The molecule has 0 aliphatic heterocycles. The Balaban J connectivity index is 0.000000572. The molecule has 1 aromatic heterocycles. The summed E-state index contributed by atoms with van der Waals surface area (Å²) >= 11 is 0. The predicted octanol–water partition coefficient (Wildman–Crippen LogP) is 5.32. The Morgan fingerprint density at radius 1 is 1.00 bits per heavy atom. The van der Waals surface area contributed by atoms with Gasteiger partial charge in [-0.2, -0.15) is 5.32 Å². The number of guanidine groups is 1. The first-order valence-electron chi connectivity index (χ1n) is 10.8. The number of aromatic nitrogens is 1. The molecule has 0 fully saturated rings. The molecule has 0 atom stereocenters. The molecule has 0 spiro atoms. The minimum absolute atomic E-state index is 0.312. The maximum atomic E-state index is 11.9. The van der Waals surface area contributed by atoms with E-state index in [1.807, 2.05) is 50.5 Å². The van der Waals surface area contributed by atoms with E-state index < -0.39 is 13.9 Å². The third-order valence-corrected chi connectivity index (χ3v) is 4.37. The Kier molecular flexibility index (Phi) is 8.74. The molecular formula is C22H28F6N5O2P. The van der Waals surface area contributed by atoms with E-state index in [0.717, 1.165) is 40.5 Å². The summed E-state index contributed by atoms with van der Waals surface area (Å²) in [5.41, 5.74) is 2.66. The summed E-state index contributed by atoms with van der Waals surface area (Å²) in [5, 5.41) is 8.14. The van der Waals surface area contributed by atoms with Gasteiger partial charge in [0.15, 0.2) is 0 Å². The molecule has 0 aliphatic rings. The van der Waals surface area contributed by atoms with Gasteiger partial charge in [-0.25, -0.2) is 15.1 Å². The van der Waals surface area contributed by atoms with E-state index >= 15 is 0 Å². The van der Waals surface area contributed by atoms with Gasteiger partial charge in [0.1, 0.15) is 5.69 Å². The molecule has 36 heavy (non-hydrogen) atoms.